The number of methoxy groups -OCH3 is 1. The van der Waals surface area contributed by atoms with Crippen LogP contribution in [0, 0.1) is 0 Å². The Morgan fingerprint density at radius 2 is 1.84 bits per heavy atom. The fraction of sp³-hybridized carbons (Fsp3) is 0.321. The summed E-state index contributed by atoms with van der Waals surface area (Å²) in [6, 6.07) is 12.3. The van der Waals surface area contributed by atoms with Gasteiger partial charge in [-0.25, -0.2) is 9.79 Å². The number of allylic oxidation sites excluding steroid dienone is 1. The van der Waals surface area contributed by atoms with Gasteiger partial charge in [0.2, 0.25) is 0 Å². The van der Waals surface area contributed by atoms with Crippen LogP contribution in [0.15, 0.2) is 68.0 Å². The lowest BCUT2D eigenvalue weighted by Gasteiger charge is -2.26. The molecule has 37 heavy (non-hydrogen) atoms. The zero-order chi connectivity index (χ0) is 26.9. The van der Waals surface area contributed by atoms with E-state index >= 15 is 0 Å². The maximum absolute atomic E-state index is 13.9. The van der Waals surface area contributed by atoms with Gasteiger partial charge < -0.3 is 14.2 Å². The van der Waals surface area contributed by atoms with Crippen LogP contribution in [0.3, 0.4) is 0 Å². The number of esters is 1. The number of rotatable bonds is 7. The number of carbonyl (C=O) groups is 1. The monoisotopic (exact) mass is 584 g/mol. The van der Waals surface area contributed by atoms with Crippen LogP contribution in [0.2, 0.25) is 0 Å². The summed E-state index contributed by atoms with van der Waals surface area (Å²) in [5.41, 5.74) is 1.96. The highest BCUT2D eigenvalue weighted by Crippen LogP contribution is 2.37. The first-order valence-corrected chi connectivity index (χ1v) is 13.5. The van der Waals surface area contributed by atoms with Crippen molar-refractivity contribution in [2.45, 2.75) is 52.9 Å². The molecule has 1 aliphatic rings. The average molecular weight is 586 g/mol. The molecule has 7 nitrogen and oxygen atoms in total. The van der Waals surface area contributed by atoms with Crippen molar-refractivity contribution >= 4 is 39.3 Å². The minimum atomic E-state index is -0.778. The van der Waals surface area contributed by atoms with Crippen LogP contribution in [0.5, 0.6) is 11.5 Å². The van der Waals surface area contributed by atoms with E-state index in [1.807, 2.05) is 56.3 Å². The summed E-state index contributed by atoms with van der Waals surface area (Å²) in [4.78, 5) is 32.4. The molecule has 0 spiro atoms. The van der Waals surface area contributed by atoms with E-state index in [4.69, 9.17) is 14.2 Å². The molecule has 1 aliphatic heterocycles. The predicted molar refractivity (Wildman–Crippen MR) is 148 cm³/mol. The second-order valence-corrected chi connectivity index (χ2v) is 11.1. The summed E-state index contributed by atoms with van der Waals surface area (Å²) in [7, 11) is 1.56. The van der Waals surface area contributed by atoms with E-state index in [0.717, 1.165) is 10.0 Å². The molecule has 2 heterocycles. The van der Waals surface area contributed by atoms with Crippen molar-refractivity contribution in [3.8, 4) is 11.5 Å². The van der Waals surface area contributed by atoms with Crippen LogP contribution in [-0.2, 0) is 9.53 Å². The zero-order valence-corrected chi connectivity index (χ0v) is 24.0. The number of hydrogen-bond donors (Lipinski definition) is 0. The van der Waals surface area contributed by atoms with Crippen molar-refractivity contribution in [2.24, 2.45) is 4.99 Å². The fourth-order valence-corrected chi connectivity index (χ4v) is 5.59. The van der Waals surface area contributed by atoms with Gasteiger partial charge in [0.25, 0.3) is 5.56 Å². The highest BCUT2D eigenvalue weighted by molar-refractivity contribution is 9.10. The summed E-state index contributed by atoms with van der Waals surface area (Å²) < 4.78 is 20.0. The number of nitrogens with zero attached hydrogens (tertiary/aromatic N) is 2. The Bertz CT molecular complexity index is 1550. The van der Waals surface area contributed by atoms with E-state index in [1.54, 1.807) is 38.5 Å². The van der Waals surface area contributed by atoms with E-state index in [1.165, 1.54) is 11.3 Å². The maximum atomic E-state index is 13.9. The van der Waals surface area contributed by atoms with Crippen molar-refractivity contribution in [3.05, 3.63) is 89.0 Å². The molecule has 0 aliphatic carbocycles. The minimum Gasteiger partial charge on any atom is -0.496 e. The SMILES string of the molecule is COc1ccc(Br)cc1[C@H]1C(C(=O)OC(C)C)=C(C)N=c2s/c(=C\c3ccccc3OC(C)C)c(=O)n21. The van der Waals surface area contributed by atoms with E-state index in [2.05, 4.69) is 20.9 Å². The average Bonchev–Trinajstić information content (AvgIpc) is 3.13. The third-order valence-corrected chi connectivity index (χ3v) is 7.12. The van der Waals surface area contributed by atoms with Crippen LogP contribution < -0.4 is 24.4 Å². The summed E-state index contributed by atoms with van der Waals surface area (Å²) in [6.07, 6.45) is 1.46. The van der Waals surface area contributed by atoms with Gasteiger partial charge in [-0.3, -0.25) is 9.36 Å². The van der Waals surface area contributed by atoms with Crippen LogP contribution in [0.4, 0.5) is 0 Å². The third kappa shape index (κ3) is 5.57. The van der Waals surface area contributed by atoms with Crippen molar-refractivity contribution in [3.63, 3.8) is 0 Å². The molecule has 1 aromatic heterocycles. The summed E-state index contributed by atoms with van der Waals surface area (Å²) >= 11 is 4.79. The van der Waals surface area contributed by atoms with Gasteiger partial charge in [0.05, 0.1) is 35.1 Å². The first kappa shape index (κ1) is 26.9. The Balaban J connectivity index is 1.99. The quantitative estimate of drug-likeness (QED) is 0.375. The second kappa shape index (κ2) is 11.1. The molecule has 0 unspecified atom stereocenters. The Labute approximate surface area is 227 Å². The van der Waals surface area contributed by atoms with Gasteiger partial charge in [-0.1, -0.05) is 45.5 Å². The molecule has 0 radical (unpaired) electrons. The molecular weight excluding hydrogens is 556 g/mol. The number of para-hydroxylation sites is 1. The normalized spacial score (nSPS) is 15.6. The van der Waals surface area contributed by atoms with Crippen molar-refractivity contribution < 1.29 is 19.0 Å². The molecule has 1 atom stereocenters. The summed E-state index contributed by atoms with van der Waals surface area (Å²) in [5, 5.41) is 0. The molecule has 0 saturated heterocycles. The molecule has 2 aromatic carbocycles. The Kier molecular flexibility index (Phi) is 8.04. The Morgan fingerprint density at radius 1 is 1.11 bits per heavy atom. The lowest BCUT2D eigenvalue weighted by Crippen LogP contribution is -2.40. The number of fused-ring (bicyclic) bond motifs is 1. The molecule has 0 bridgehead atoms. The Hall–Kier alpha value is -3.17. The number of carbonyl (C=O) groups excluding carboxylic acids is 1. The van der Waals surface area contributed by atoms with Crippen LogP contribution in [-0.4, -0.2) is 29.9 Å². The van der Waals surface area contributed by atoms with Crippen molar-refractivity contribution in [2.75, 3.05) is 7.11 Å². The molecule has 0 fully saturated rings. The lowest BCUT2D eigenvalue weighted by atomic mass is 9.95. The molecule has 3 aromatic rings. The smallest absolute Gasteiger partial charge is 0.338 e. The predicted octanol–water partition coefficient (Wildman–Crippen LogP) is 4.75. The molecule has 9 heteroatoms. The molecule has 4 rings (SSSR count). The van der Waals surface area contributed by atoms with E-state index in [9.17, 15) is 9.59 Å². The standard InChI is InChI=1S/C28H29BrN2O5S/c1-15(2)35-21-10-8-7-9-18(21)13-23-26(32)31-25(20-14-19(29)11-12-22(20)34-6)24(27(33)36-16(3)4)17(5)30-28(31)37-23/h7-16,25H,1-6H3/b23-13-/t25-/m0/s1. The maximum Gasteiger partial charge on any atom is 0.338 e. The molecule has 0 N–H and O–H groups in total. The lowest BCUT2D eigenvalue weighted by molar-refractivity contribution is -0.143. The first-order chi connectivity index (χ1) is 17.6. The van der Waals surface area contributed by atoms with E-state index in [-0.39, 0.29) is 17.8 Å². The van der Waals surface area contributed by atoms with Gasteiger partial charge in [0, 0.05) is 15.6 Å². The molecule has 194 valence electrons. The molecular formula is C28H29BrN2O5S. The second-order valence-electron chi connectivity index (χ2n) is 9.13. The van der Waals surface area contributed by atoms with Gasteiger partial charge >= 0.3 is 5.97 Å². The first-order valence-electron chi connectivity index (χ1n) is 11.9. The fourth-order valence-electron chi connectivity index (χ4n) is 4.18. The number of aromatic nitrogens is 1. The van der Waals surface area contributed by atoms with E-state index in [0.29, 0.717) is 37.7 Å². The molecule has 0 saturated carbocycles. The van der Waals surface area contributed by atoms with Crippen molar-refractivity contribution in [1.82, 2.24) is 4.57 Å². The van der Waals surface area contributed by atoms with Crippen LogP contribution >= 0.6 is 27.3 Å². The van der Waals surface area contributed by atoms with Crippen LogP contribution in [0.25, 0.3) is 6.08 Å². The number of benzene rings is 2. The van der Waals surface area contributed by atoms with Gasteiger partial charge in [-0.2, -0.15) is 0 Å². The third-order valence-electron chi connectivity index (χ3n) is 5.64. The number of hydrogen-bond acceptors (Lipinski definition) is 7. The highest BCUT2D eigenvalue weighted by Gasteiger charge is 2.35. The Morgan fingerprint density at radius 3 is 2.51 bits per heavy atom. The number of thiazole rings is 1. The van der Waals surface area contributed by atoms with Gasteiger partial charge in [0.1, 0.15) is 17.5 Å². The summed E-state index contributed by atoms with van der Waals surface area (Å²) in [6.45, 7) is 9.24. The number of ether oxygens (including phenoxy) is 3. The summed E-state index contributed by atoms with van der Waals surface area (Å²) in [5.74, 6) is 0.710. The highest BCUT2D eigenvalue weighted by atomic mass is 79.9. The number of halogens is 1. The minimum absolute atomic E-state index is 0.0167. The molecule has 0 amide bonds. The van der Waals surface area contributed by atoms with Gasteiger partial charge in [-0.15, -0.1) is 0 Å². The van der Waals surface area contributed by atoms with Gasteiger partial charge in [0.15, 0.2) is 4.80 Å². The largest absolute Gasteiger partial charge is 0.496 e. The van der Waals surface area contributed by atoms with Gasteiger partial charge in [-0.05, 0) is 65.0 Å². The van der Waals surface area contributed by atoms with Crippen molar-refractivity contribution in [1.29, 1.82) is 0 Å². The topological polar surface area (TPSA) is 79.1 Å². The van der Waals surface area contributed by atoms with E-state index < -0.39 is 12.0 Å². The zero-order valence-electron chi connectivity index (χ0n) is 21.6. The van der Waals surface area contributed by atoms with Crippen LogP contribution in [0.1, 0.15) is 51.8 Å².